The normalized spacial score (nSPS) is 11.4. The second-order valence-corrected chi connectivity index (χ2v) is 5.42. The Kier molecular flexibility index (Phi) is 3.21. The smallest absolute Gasteiger partial charge is 0.346 e. The fourth-order valence-corrected chi connectivity index (χ4v) is 2.46. The molecule has 2 aromatic heterocycles. The molecule has 0 saturated heterocycles. The summed E-state index contributed by atoms with van der Waals surface area (Å²) in [7, 11) is 0. The molecule has 0 saturated carbocycles. The number of rotatable bonds is 4. The summed E-state index contributed by atoms with van der Waals surface area (Å²) in [6.07, 6.45) is 2.70. The molecule has 6 nitrogen and oxygen atoms in total. The second kappa shape index (κ2) is 5.05. The van der Waals surface area contributed by atoms with Gasteiger partial charge in [-0.2, -0.15) is 0 Å². The lowest BCUT2D eigenvalue weighted by Gasteiger charge is -2.08. The van der Waals surface area contributed by atoms with Crippen LogP contribution in [-0.4, -0.2) is 21.0 Å². The summed E-state index contributed by atoms with van der Waals surface area (Å²) in [6.45, 7) is 5.09. The highest BCUT2D eigenvalue weighted by molar-refractivity contribution is 5.99. The largest absolute Gasteiger partial charge is 0.439 e. The summed E-state index contributed by atoms with van der Waals surface area (Å²) in [5.41, 5.74) is 2.32. The van der Waals surface area contributed by atoms with Crippen molar-refractivity contribution in [2.75, 3.05) is 0 Å². The van der Waals surface area contributed by atoms with E-state index in [9.17, 15) is 9.59 Å². The van der Waals surface area contributed by atoms with Crippen LogP contribution in [0.5, 0.6) is 0 Å². The predicted octanol–water partition coefficient (Wildman–Crippen LogP) is 2.45. The third-order valence-electron chi connectivity index (χ3n) is 3.31. The second-order valence-electron chi connectivity index (χ2n) is 5.42. The molecule has 0 radical (unpaired) electrons. The number of nitrogens with zero attached hydrogens (tertiary/aromatic N) is 2. The number of aromatic amines is 1. The third kappa shape index (κ3) is 2.40. The highest BCUT2D eigenvalue weighted by Gasteiger charge is 2.12. The molecule has 3 aromatic rings. The van der Waals surface area contributed by atoms with Gasteiger partial charge in [0.25, 0.3) is 0 Å². The number of aromatic nitrogens is 3. The van der Waals surface area contributed by atoms with Crippen LogP contribution < -0.4 is 5.76 Å². The van der Waals surface area contributed by atoms with Gasteiger partial charge in [-0.3, -0.25) is 14.3 Å². The SMILES string of the molecule is CC(C)Cn1cc(C=O)c2cc(-c3noc(=O)[nH]3)ccc21. The molecule has 0 aliphatic carbocycles. The molecule has 0 amide bonds. The quantitative estimate of drug-likeness (QED) is 0.746. The van der Waals surface area contributed by atoms with Crippen molar-refractivity contribution in [3.8, 4) is 11.4 Å². The maximum absolute atomic E-state index is 11.3. The lowest BCUT2D eigenvalue weighted by molar-refractivity contribution is 0.112. The minimum atomic E-state index is -0.599. The first-order valence-corrected chi connectivity index (χ1v) is 6.73. The molecule has 6 heteroatoms. The molecule has 0 aliphatic heterocycles. The van der Waals surface area contributed by atoms with E-state index in [1.54, 1.807) is 0 Å². The Balaban J connectivity index is 2.16. The fourth-order valence-electron chi connectivity index (χ4n) is 2.46. The average molecular weight is 285 g/mol. The number of fused-ring (bicyclic) bond motifs is 1. The summed E-state index contributed by atoms with van der Waals surface area (Å²) >= 11 is 0. The molecule has 2 heterocycles. The fraction of sp³-hybridized carbons (Fsp3) is 0.267. The zero-order valence-electron chi connectivity index (χ0n) is 11.8. The van der Waals surface area contributed by atoms with Crippen LogP contribution in [0, 0.1) is 5.92 Å². The van der Waals surface area contributed by atoms with E-state index in [1.807, 2.05) is 24.4 Å². The molecule has 0 spiro atoms. The molecule has 1 N–H and O–H groups in total. The molecule has 0 aliphatic rings. The van der Waals surface area contributed by atoms with E-state index in [0.717, 1.165) is 23.7 Å². The topological polar surface area (TPSA) is 80.9 Å². The summed E-state index contributed by atoms with van der Waals surface area (Å²) < 4.78 is 6.58. The van der Waals surface area contributed by atoms with E-state index in [0.29, 0.717) is 22.9 Å². The molecule has 3 rings (SSSR count). The summed E-state index contributed by atoms with van der Waals surface area (Å²) in [5.74, 6) is 0.236. The molecular weight excluding hydrogens is 270 g/mol. The van der Waals surface area contributed by atoms with Crippen LogP contribution in [0.2, 0.25) is 0 Å². The van der Waals surface area contributed by atoms with Crippen LogP contribution in [0.4, 0.5) is 0 Å². The monoisotopic (exact) mass is 285 g/mol. The minimum Gasteiger partial charge on any atom is -0.346 e. The summed E-state index contributed by atoms with van der Waals surface area (Å²) in [5, 5.41) is 4.51. The van der Waals surface area contributed by atoms with Gasteiger partial charge in [-0.05, 0) is 24.1 Å². The first-order chi connectivity index (χ1) is 10.1. The molecule has 0 bridgehead atoms. The maximum Gasteiger partial charge on any atom is 0.439 e. The number of hydrogen-bond acceptors (Lipinski definition) is 4. The van der Waals surface area contributed by atoms with Gasteiger partial charge in [0.15, 0.2) is 12.1 Å². The van der Waals surface area contributed by atoms with Crippen molar-refractivity contribution < 1.29 is 9.32 Å². The van der Waals surface area contributed by atoms with Gasteiger partial charge in [0, 0.05) is 34.8 Å². The number of nitrogens with one attached hydrogen (secondary N) is 1. The predicted molar refractivity (Wildman–Crippen MR) is 78.3 cm³/mol. The van der Waals surface area contributed by atoms with Gasteiger partial charge < -0.3 is 4.57 Å². The lowest BCUT2D eigenvalue weighted by atomic mass is 10.1. The Morgan fingerprint density at radius 2 is 2.24 bits per heavy atom. The van der Waals surface area contributed by atoms with Crippen LogP contribution in [0.3, 0.4) is 0 Å². The van der Waals surface area contributed by atoms with E-state index in [1.165, 1.54) is 0 Å². The summed E-state index contributed by atoms with van der Waals surface area (Å²) in [6, 6.07) is 5.61. The number of carbonyl (C=O) groups is 1. The van der Waals surface area contributed by atoms with Crippen LogP contribution >= 0.6 is 0 Å². The standard InChI is InChI=1S/C15H15N3O3/c1-9(2)6-18-7-11(8-19)12-5-10(3-4-13(12)18)14-16-15(20)21-17-14/h3-5,7-9H,6H2,1-2H3,(H,16,17,20). The Morgan fingerprint density at radius 3 is 2.86 bits per heavy atom. The van der Waals surface area contributed by atoms with Gasteiger partial charge in [-0.25, -0.2) is 4.79 Å². The van der Waals surface area contributed by atoms with Crippen molar-refractivity contribution in [2.45, 2.75) is 20.4 Å². The maximum atomic E-state index is 11.3. The molecule has 0 atom stereocenters. The Bertz CT molecular complexity index is 855. The van der Waals surface area contributed by atoms with Crippen molar-refractivity contribution in [1.82, 2.24) is 14.7 Å². The first kappa shape index (κ1) is 13.4. The summed E-state index contributed by atoms with van der Waals surface area (Å²) in [4.78, 5) is 24.8. The van der Waals surface area contributed by atoms with Gasteiger partial charge in [0.05, 0.1) is 0 Å². The Labute approximate surface area is 120 Å². The first-order valence-electron chi connectivity index (χ1n) is 6.73. The minimum absolute atomic E-state index is 0.357. The van der Waals surface area contributed by atoms with Gasteiger partial charge in [0.1, 0.15) is 0 Å². The van der Waals surface area contributed by atoms with Gasteiger partial charge in [-0.15, -0.1) is 0 Å². The van der Waals surface area contributed by atoms with Crippen LogP contribution in [0.1, 0.15) is 24.2 Å². The van der Waals surface area contributed by atoms with Gasteiger partial charge >= 0.3 is 5.76 Å². The van der Waals surface area contributed by atoms with Gasteiger partial charge in [0.2, 0.25) is 0 Å². The van der Waals surface area contributed by atoms with E-state index in [4.69, 9.17) is 0 Å². The number of benzene rings is 1. The molecule has 1 aromatic carbocycles. The highest BCUT2D eigenvalue weighted by atomic mass is 16.5. The lowest BCUT2D eigenvalue weighted by Crippen LogP contribution is -2.02. The molecule has 108 valence electrons. The van der Waals surface area contributed by atoms with E-state index in [2.05, 4.69) is 33.1 Å². The number of H-pyrrole nitrogens is 1. The van der Waals surface area contributed by atoms with E-state index in [-0.39, 0.29) is 0 Å². The number of carbonyl (C=O) groups excluding carboxylic acids is 1. The van der Waals surface area contributed by atoms with Crippen LogP contribution in [0.15, 0.2) is 33.7 Å². The molecule has 0 unspecified atom stereocenters. The highest BCUT2D eigenvalue weighted by Crippen LogP contribution is 2.26. The third-order valence-corrected chi connectivity index (χ3v) is 3.31. The Hall–Kier alpha value is -2.63. The van der Waals surface area contributed by atoms with Crippen LogP contribution in [0.25, 0.3) is 22.3 Å². The molecular formula is C15H15N3O3. The van der Waals surface area contributed by atoms with Crippen molar-refractivity contribution in [1.29, 1.82) is 0 Å². The van der Waals surface area contributed by atoms with Crippen molar-refractivity contribution in [2.24, 2.45) is 5.92 Å². The van der Waals surface area contributed by atoms with Crippen LogP contribution in [-0.2, 0) is 6.54 Å². The van der Waals surface area contributed by atoms with Crippen molar-refractivity contribution in [3.63, 3.8) is 0 Å². The van der Waals surface area contributed by atoms with Crippen molar-refractivity contribution >= 4 is 17.2 Å². The zero-order chi connectivity index (χ0) is 15.0. The average Bonchev–Trinajstić information content (AvgIpc) is 3.02. The number of aldehydes is 1. The zero-order valence-corrected chi connectivity index (χ0v) is 11.8. The van der Waals surface area contributed by atoms with Crippen molar-refractivity contribution in [3.05, 3.63) is 40.5 Å². The number of hydrogen-bond donors (Lipinski definition) is 1. The van der Waals surface area contributed by atoms with E-state index >= 15 is 0 Å². The molecule has 21 heavy (non-hydrogen) atoms. The van der Waals surface area contributed by atoms with Gasteiger partial charge in [-0.1, -0.05) is 19.0 Å². The molecule has 0 fully saturated rings. The Morgan fingerprint density at radius 1 is 1.43 bits per heavy atom. The van der Waals surface area contributed by atoms with E-state index < -0.39 is 5.76 Å².